The summed E-state index contributed by atoms with van der Waals surface area (Å²) in [6, 6.07) is 11.3. The van der Waals surface area contributed by atoms with E-state index < -0.39 is 18.3 Å². The molecule has 0 aliphatic rings. The van der Waals surface area contributed by atoms with Crippen LogP contribution in [0.3, 0.4) is 0 Å². The van der Waals surface area contributed by atoms with Crippen molar-refractivity contribution in [1.29, 1.82) is 0 Å². The number of benzene rings is 2. The molecule has 0 heterocycles. The Hall–Kier alpha value is -0.980. The molecule has 0 saturated heterocycles. The molecule has 0 fully saturated rings. The van der Waals surface area contributed by atoms with Crippen LogP contribution in [-0.4, -0.2) is 5.11 Å². The lowest BCUT2D eigenvalue weighted by atomic mass is 10.1. The van der Waals surface area contributed by atoms with Crippen molar-refractivity contribution in [3.63, 3.8) is 0 Å². The summed E-state index contributed by atoms with van der Waals surface area (Å²) in [4.78, 5) is 1.32. The molecule has 0 unspecified atom stereocenters. The summed E-state index contributed by atoms with van der Waals surface area (Å²) in [5.41, 5.74) is -0.906. The zero-order chi connectivity index (χ0) is 14.8. The van der Waals surface area contributed by atoms with Crippen molar-refractivity contribution < 1.29 is 18.3 Å². The van der Waals surface area contributed by atoms with E-state index in [1.54, 1.807) is 6.07 Å². The number of halogens is 4. The largest absolute Gasteiger partial charge is 0.416 e. The topological polar surface area (TPSA) is 20.2 Å². The third-order valence-corrected chi connectivity index (χ3v) is 4.06. The van der Waals surface area contributed by atoms with Crippen molar-refractivity contribution in [2.75, 3.05) is 0 Å². The fourth-order valence-corrected chi connectivity index (χ4v) is 3.16. The predicted octanol–water partition coefficient (Wildman–Crippen LogP) is 5.11. The Morgan fingerprint density at radius 3 is 2.35 bits per heavy atom. The highest BCUT2D eigenvalue weighted by molar-refractivity contribution is 9.10. The van der Waals surface area contributed by atoms with Crippen LogP contribution in [0, 0.1) is 0 Å². The number of alkyl halides is 3. The van der Waals surface area contributed by atoms with Crippen molar-refractivity contribution in [1.82, 2.24) is 0 Å². The first-order valence-electron chi connectivity index (χ1n) is 5.64. The minimum Gasteiger partial charge on any atom is -0.392 e. The van der Waals surface area contributed by atoms with Crippen LogP contribution < -0.4 is 0 Å². The molecule has 2 aromatic rings. The lowest BCUT2D eigenvalue weighted by Gasteiger charge is -2.13. The van der Waals surface area contributed by atoms with Gasteiger partial charge in [-0.25, -0.2) is 0 Å². The first-order valence-corrected chi connectivity index (χ1v) is 7.25. The second-order valence-electron chi connectivity index (χ2n) is 4.03. The number of hydrogen-bond acceptors (Lipinski definition) is 2. The Labute approximate surface area is 126 Å². The maximum absolute atomic E-state index is 12.9. The maximum Gasteiger partial charge on any atom is 0.416 e. The van der Waals surface area contributed by atoms with E-state index in [0.717, 1.165) is 15.4 Å². The van der Waals surface area contributed by atoms with Gasteiger partial charge < -0.3 is 5.11 Å². The molecule has 20 heavy (non-hydrogen) atoms. The van der Waals surface area contributed by atoms with Gasteiger partial charge in [0.15, 0.2) is 0 Å². The highest BCUT2D eigenvalue weighted by atomic mass is 79.9. The molecule has 0 bridgehead atoms. The van der Waals surface area contributed by atoms with E-state index in [-0.39, 0.29) is 5.56 Å². The SMILES string of the molecule is OCc1ccc(Sc2cccc(Br)c2)cc1C(F)(F)F. The fraction of sp³-hybridized carbons (Fsp3) is 0.143. The zero-order valence-electron chi connectivity index (χ0n) is 10.1. The summed E-state index contributed by atoms with van der Waals surface area (Å²) in [6.45, 7) is -0.628. The van der Waals surface area contributed by atoms with E-state index >= 15 is 0 Å². The molecule has 106 valence electrons. The smallest absolute Gasteiger partial charge is 0.392 e. The molecule has 2 rings (SSSR count). The van der Waals surface area contributed by atoms with Gasteiger partial charge in [-0.2, -0.15) is 13.2 Å². The van der Waals surface area contributed by atoms with Gasteiger partial charge in [0, 0.05) is 14.3 Å². The van der Waals surface area contributed by atoms with Crippen molar-refractivity contribution in [2.24, 2.45) is 0 Å². The van der Waals surface area contributed by atoms with Gasteiger partial charge in [-0.05, 0) is 35.9 Å². The van der Waals surface area contributed by atoms with E-state index in [1.165, 1.54) is 17.8 Å². The van der Waals surface area contributed by atoms with Crippen LogP contribution >= 0.6 is 27.7 Å². The highest BCUT2D eigenvalue weighted by Gasteiger charge is 2.33. The Bertz CT molecular complexity index is 614. The summed E-state index contributed by atoms with van der Waals surface area (Å²) in [5, 5.41) is 8.99. The molecule has 1 nitrogen and oxygen atoms in total. The first kappa shape index (κ1) is 15.4. The van der Waals surface area contributed by atoms with Gasteiger partial charge in [0.05, 0.1) is 12.2 Å². The monoisotopic (exact) mass is 362 g/mol. The van der Waals surface area contributed by atoms with Gasteiger partial charge in [-0.15, -0.1) is 0 Å². The Balaban J connectivity index is 2.34. The van der Waals surface area contributed by atoms with Crippen LogP contribution in [0.4, 0.5) is 13.2 Å². The molecule has 0 aromatic heterocycles. The van der Waals surface area contributed by atoms with E-state index in [0.29, 0.717) is 4.90 Å². The van der Waals surface area contributed by atoms with Crippen molar-refractivity contribution >= 4 is 27.7 Å². The van der Waals surface area contributed by atoms with Gasteiger partial charge in [0.25, 0.3) is 0 Å². The van der Waals surface area contributed by atoms with Crippen LogP contribution in [0.5, 0.6) is 0 Å². The lowest BCUT2D eigenvalue weighted by molar-refractivity contribution is -0.138. The molecule has 2 aromatic carbocycles. The van der Waals surface area contributed by atoms with Crippen molar-refractivity contribution in [3.05, 3.63) is 58.1 Å². The zero-order valence-corrected chi connectivity index (χ0v) is 12.5. The predicted molar refractivity (Wildman–Crippen MR) is 75.6 cm³/mol. The number of aliphatic hydroxyl groups is 1. The molecular weight excluding hydrogens is 353 g/mol. The lowest BCUT2D eigenvalue weighted by Crippen LogP contribution is -2.09. The first-order chi connectivity index (χ1) is 9.40. The van der Waals surface area contributed by atoms with Gasteiger partial charge in [0.2, 0.25) is 0 Å². The van der Waals surface area contributed by atoms with Gasteiger partial charge in [-0.3, -0.25) is 0 Å². The molecule has 0 spiro atoms. The van der Waals surface area contributed by atoms with E-state index in [4.69, 9.17) is 5.11 Å². The van der Waals surface area contributed by atoms with Crippen LogP contribution in [0.2, 0.25) is 0 Å². The average Bonchev–Trinajstić information content (AvgIpc) is 2.37. The number of aliphatic hydroxyl groups excluding tert-OH is 1. The standard InChI is InChI=1S/C14H10BrF3OS/c15-10-2-1-3-11(6-10)20-12-5-4-9(8-19)13(7-12)14(16,17)18/h1-7,19H,8H2. The van der Waals surface area contributed by atoms with Crippen LogP contribution in [0.15, 0.2) is 56.7 Å². The maximum atomic E-state index is 12.9. The summed E-state index contributed by atoms with van der Waals surface area (Å²) in [7, 11) is 0. The summed E-state index contributed by atoms with van der Waals surface area (Å²) in [5.74, 6) is 0. The normalized spacial score (nSPS) is 11.7. The molecule has 0 aliphatic carbocycles. The third-order valence-electron chi connectivity index (χ3n) is 2.59. The minimum absolute atomic E-state index is 0.115. The molecule has 0 saturated carbocycles. The van der Waals surface area contributed by atoms with Gasteiger partial charge in [-0.1, -0.05) is 39.8 Å². The van der Waals surface area contributed by atoms with E-state index in [9.17, 15) is 13.2 Å². The number of rotatable bonds is 3. The number of hydrogen-bond donors (Lipinski definition) is 1. The van der Waals surface area contributed by atoms with Crippen LogP contribution in [-0.2, 0) is 12.8 Å². The minimum atomic E-state index is -4.47. The van der Waals surface area contributed by atoms with Crippen molar-refractivity contribution in [2.45, 2.75) is 22.6 Å². The van der Waals surface area contributed by atoms with Crippen LogP contribution in [0.1, 0.15) is 11.1 Å². The molecular formula is C14H10BrF3OS. The molecule has 0 amide bonds. The fourth-order valence-electron chi connectivity index (χ4n) is 1.69. The molecule has 0 atom stereocenters. The summed E-state index contributed by atoms with van der Waals surface area (Å²) in [6.07, 6.45) is -4.47. The average molecular weight is 363 g/mol. The quantitative estimate of drug-likeness (QED) is 0.818. The third kappa shape index (κ3) is 3.77. The van der Waals surface area contributed by atoms with Gasteiger partial charge >= 0.3 is 6.18 Å². The molecule has 1 N–H and O–H groups in total. The molecule has 0 aliphatic heterocycles. The van der Waals surface area contributed by atoms with Gasteiger partial charge in [0.1, 0.15) is 0 Å². The van der Waals surface area contributed by atoms with Crippen LogP contribution in [0.25, 0.3) is 0 Å². The summed E-state index contributed by atoms with van der Waals surface area (Å²) < 4.78 is 39.5. The highest BCUT2D eigenvalue weighted by Crippen LogP contribution is 2.37. The second kappa shape index (κ2) is 6.20. The van der Waals surface area contributed by atoms with Crippen molar-refractivity contribution in [3.8, 4) is 0 Å². The Kier molecular flexibility index (Phi) is 4.78. The van der Waals surface area contributed by atoms with E-state index in [2.05, 4.69) is 15.9 Å². The molecule has 6 heteroatoms. The molecule has 0 radical (unpaired) electrons. The Morgan fingerprint density at radius 2 is 1.75 bits per heavy atom. The summed E-state index contributed by atoms with van der Waals surface area (Å²) >= 11 is 4.56. The Morgan fingerprint density at radius 1 is 1.05 bits per heavy atom. The van der Waals surface area contributed by atoms with E-state index in [1.807, 2.05) is 24.3 Å². The second-order valence-corrected chi connectivity index (χ2v) is 6.10.